The summed E-state index contributed by atoms with van der Waals surface area (Å²) in [5.41, 5.74) is 3.72. The molecule has 0 saturated carbocycles. The SMILES string of the molecule is Cc1ccc(COc2c(Br)cc(/C=C3/C(=O)N(C)C(=S)N3C)cc2Br)cc1. The molecule has 0 spiro atoms. The van der Waals surface area contributed by atoms with Gasteiger partial charge in [-0.1, -0.05) is 29.8 Å². The van der Waals surface area contributed by atoms with E-state index < -0.39 is 0 Å². The van der Waals surface area contributed by atoms with Crippen molar-refractivity contribution in [2.75, 3.05) is 14.1 Å². The first-order valence-corrected chi connectivity index (χ1v) is 10.2. The topological polar surface area (TPSA) is 32.8 Å². The lowest BCUT2D eigenvalue weighted by atomic mass is 10.1. The Kier molecular flexibility index (Phi) is 6.03. The lowest BCUT2D eigenvalue weighted by Crippen LogP contribution is -2.26. The first-order valence-electron chi connectivity index (χ1n) is 8.22. The number of ether oxygens (including phenoxy) is 1. The van der Waals surface area contributed by atoms with Gasteiger partial charge in [-0.3, -0.25) is 9.69 Å². The van der Waals surface area contributed by atoms with Crippen LogP contribution in [0.2, 0.25) is 0 Å². The van der Waals surface area contributed by atoms with E-state index in [9.17, 15) is 4.79 Å². The minimum atomic E-state index is -0.116. The molecule has 2 aromatic rings. The highest BCUT2D eigenvalue weighted by atomic mass is 79.9. The van der Waals surface area contributed by atoms with Gasteiger partial charge in [0.05, 0.1) is 8.95 Å². The summed E-state index contributed by atoms with van der Waals surface area (Å²) < 4.78 is 7.58. The van der Waals surface area contributed by atoms with Gasteiger partial charge in [0.15, 0.2) is 5.11 Å². The molecule has 0 radical (unpaired) electrons. The molecule has 140 valence electrons. The van der Waals surface area contributed by atoms with Crippen molar-refractivity contribution in [3.8, 4) is 5.75 Å². The molecular weight excluding hydrogens is 492 g/mol. The van der Waals surface area contributed by atoms with Crippen LogP contribution in [-0.2, 0) is 11.4 Å². The largest absolute Gasteiger partial charge is 0.487 e. The van der Waals surface area contributed by atoms with E-state index in [0.717, 1.165) is 25.8 Å². The van der Waals surface area contributed by atoms with Gasteiger partial charge >= 0.3 is 0 Å². The van der Waals surface area contributed by atoms with Crippen molar-refractivity contribution < 1.29 is 9.53 Å². The molecule has 4 nitrogen and oxygen atoms in total. The van der Waals surface area contributed by atoms with Crippen molar-refractivity contribution in [1.29, 1.82) is 0 Å². The van der Waals surface area contributed by atoms with Crippen LogP contribution in [-0.4, -0.2) is 34.9 Å². The van der Waals surface area contributed by atoms with Crippen LogP contribution in [0.3, 0.4) is 0 Å². The van der Waals surface area contributed by atoms with E-state index in [0.29, 0.717) is 17.4 Å². The highest BCUT2D eigenvalue weighted by Crippen LogP contribution is 2.36. The molecule has 1 heterocycles. The summed E-state index contributed by atoms with van der Waals surface area (Å²) in [7, 11) is 3.47. The van der Waals surface area contributed by atoms with E-state index >= 15 is 0 Å². The molecule has 0 aliphatic carbocycles. The molecular formula is C20H18Br2N2O2S. The maximum absolute atomic E-state index is 12.3. The van der Waals surface area contributed by atoms with Gasteiger partial charge in [0.2, 0.25) is 0 Å². The van der Waals surface area contributed by atoms with Crippen LogP contribution < -0.4 is 4.74 Å². The lowest BCUT2D eigenvalue weighted by molar-refractivity contribution is -0.121. The molecule has 0 atom stereocenters. The van der Waals surface area contributed by atoms with E-state index in [1.54, 1.807) is 19.0 Å². The van der Waals surface area contributed by atoms with Crippen molar-refractivity contribution in [1.82, 2.24) is 9.80 Å². The molecule has 1 aliphatic heterocycles. The molecule has 2 aromatic carbocycles. The standard InChI is InChI=1S/C20H18Br2N2O2S/c1-12-4-6-13(7-5-12)11-26-18-15(21)8-14(9-16(18)22)10-17-19(25)24(3)20(27)23(17)2/h4-10H,11H2,1-3H3/b17-10-. The molecule has 0 aromatic heterocycles. The Morgan fingerprint density at radius 1 is 1.07 bits per heavy atom. The number of carbonyl (C=O) groups excluding carboxylic acids is 1. The predicted octanol–water partition coefficient (Wildman–Crippen LogP) is 5.13. The van der Waals surface area contributed by atoms with E-state index in [-0.39, 0.29) is 5.91 Å². The van der Waals surface area contributed by atoms with E-state index in [2.05, 4.69) is 63.0 Å². The molecule has 1 amide bonds. The number of halogens is 2. The van der Waals surface area contributed by atoms with Gasteiger partial charge in [0.25, 0.3) is 5.91 Å². The van der Waals surface area contributed by atoms with Gasteiger partial charge in [-0.25, -0.2) is 0 Å². The average Bonchev–Trinajstić information content (AvgIpc) is 2.80. The third-order valence-electron chi connectivity index (χ3n) is 4.29. The van der Waals surface area contributed by atoms with Crippen molar-refractivity contribution in [2.45, 2.75) is 13.5 Å². The second-order valence-electron chi connectivity index (χ2n) is 6.32. The quantitative estimate of drug-likeness (QED) is 0.422. The van der Waals surface area contributed by atoms with Crippen molar-refractivity contribution in [2.24, 2.45) is 0 Å². The van der Waals surface area contributed by atoms with Crippen LogP contribution in [0.15, 0.2) is 51.0 Å². The first-order chi connectivity index (χ1) is 12.8. The minimum absolute atomic E-state index is 0.116. The summed E-state index contributed by atoms with van der Waals surface area (Å²) in [5.74, 6) is 0.603. The van der Waals surface area contributed by atoms with E-state index in [4.69, 9.17) is 17.0 Å². The number of hydrogen-bond acceptors (Lipinski definition) is 3. The average molecular weight is 510 g/mol. The van der Waals surface area contributed by atoms with Crippen molar-refractivity contribution in [3.63, 3.8) is 0 Å². The molecule has 27 heavy (non-hydrogen) atoms. The van der Waals surface area contributed by atoms with Crippen molar-refractivity contribution >= 4 is 61.2 Å². The van der Waals surface area contributed by atoms with Gasteiger partial charge in [0.1, 0.15) is 18.1 Å². The number of nitrogens with zero attached hydrogens (tertiary/aromatic N) is 2. The second kappa shape index (κ2) is 8.12. The van der Waals surface area contributed by atoms with Gasteiger partial charge in [-0.05, 0) is 80.3 Å². The zero-order valence-electron chi connectivity index (χ0n) is 15.1. The molecule has 7 heteroatoms. The molecule has 1 aliphatic rings. The van der Waals surface area contributed by atoms with Gasteiger partial charge in [-0.2, -0.15) is 0 Å². The summed E-state index contributed by atoms with van der Waals surface area (Å²) in [6.45, 7) is 2.53. The monoisotopic (exact) mass is 508 g/mol. The third kappa shape index (κ3) is 4.25. The Morgan fingerprint density at radius 2 is 1.67 bits per heavy atom. The lowest BCUT2D eigenvalue weighted by Gasteiger charge is -2.13. The predicted molar refractivity (Wildman–Crippen MR) is 118 cm³/mol. The van der Waals surface area contributed by atoms with Gasteiger partial charge in [-0.15, -0.1) is 0 Å². The number of likely N-dealkylation sites (N-methyl/N-ethyl adjacent to an activating group) is 2. The number of carbonyl (C=O) groups is 1. The zero-order chi connectivity index (χ0) is 19.7. The van der Waals surface area contributed by atoms with E-state index in [1.165, 1.54) is 10.5 Å². The normalized spacial score (nSPS) is 15.8. The number of benzene rings is 2. The molecule has 0 unspecified atom stereocenters. The summed E-state index contributed by atoms with van der Waals surface area (Å²) in [5, 5.41) is 0.488. The van der Waals surface area contributed by atoms with Crippen LogP contribution in [0.25, 0.3) is 6.08 Å². The number of thiocarbonyl (C=S) groups is 1. The maximum atomic E-state index is 12.3. The summed E-state index contributed by atoms with van der Waals surface area (Å²) in [6.07, 6.45) is 1.82. The molecule has 3 rings (SSSR count). The number of hydrogen-bond donors (Lipinski definition) is 0. The van der Waals surface area contributed by atoms with Crippen LogP contribution in [0.5, 0.6) is 5.75 Å². The van der Waals surface area contributed by atoms with Crippen LogP contribution in [0.1, 0.15) is 16.7 Å². The van der Waals surface area contributed by atoms with Crippen molar-refractivity contribution in [3.05, 3.63) is 67.7 Å². The molecule has 1 saturated heterocycles. The Balaban J connectivity index is 1.83. The fraction of sp³-hybridized carbons (Fsp3) is 0.200. The maximum Gasteiger partial charge on any atom is 0.276 e. The Hall–Kier alpha value is -1.70. The third-order valence-corrected chi connectivity index (χ3v) is 6.01. The summed E-state index contributed by atoms with van der Waals surface area (Å²) in [4.78, 5) is 15.5. The Morgan fingerprint density at radius 3 is 2.19 bits per heavy atom. The fourth-order valence-electron chi connectivity index (χ4n) is 2.69. The minimum Gasteiger partial charge on any atom is -0.487 e. The summed E-state index contributed by atoms with van der Waals surface area (Å²) >= 11 is 12.4. The highest BCUT2D eigenvalue weighted by Gasteiger charge is 2.32. The van der Waals surface area contributed by atoms with Crippen LogP contribution >= 0.6 is 44.1 Å². The zero-order valence-corrected chi connectivity index (χ0v) is 19.1. The Labute approximate surface area is 181 Å². The van der Waals surface area contributed by atoms with E-state index in [1.807, 2.05) is 18.2 Å². The summed E-state index contributed by atoms with van der Waals surface area (Å²) in [6, 6.07) is 12.1. The van der Waals surface area contributed by atoms with Crippen LogP contribution in [0, 0.1) is 6.92 Å². The Bertz CT molecular complexity index is 918. The molecule has 1 fully saturated rings. The smallest absolute Gasteiger partial charge is 0.276 e. The number of aryl methyl sites for hydroxylation is 1. The highest BCUT2D eigenvalue weighted by molar-refractivity contribution is 9.11. The number of amides is 1. The van der Waals surface area contributed by atoms with Gasteiger partial charge in [0, 0.05) is 14.1 Å². The second-order valence-corrected chi connectivity index (χ2v) is 8.40. The first kappa shape index (κ1) is 20.0. The number of rotatable bonds is 4. The molecule has 0 bridgehead atoms. The molecule has 0 N–H and O–H groups in total. The van der Waals surface area contributed by atoms with Gasteiger partial charge < -0.3 is 9.64 Å². The van der Waals surface area contributed by atoms with Crippen LogP contribution in [0.4, 0.5) is 0 Å². The fourth-order valence-corrected chi connectivity index (χ4v) is 4.32.